The van der Waals surface area contributed by atoms with Crippen LogP contribution in [0.1, 0.15) is 42.7 Å². The highest BCUT2D eigenvalue weighted by atomic mass is 35.5. The van der Waals surface area contributed by atoms with Gasteiger partial charge in [0.2, 0.25) is 5.91 Å². The summed E-state index contributed by atoms with van der Waals surface area (Å²) in [6.07, 6.45) is 2.85. The zero-order valence-corrected chi connectivity index (χ0v) is 22.1. The van der Waals surface area contributed by atoms with Gasteiger partial charge in [-0.05, 0) is 56.5 Å². The van der Waals surface area contributed by atoms with E-state index in [0.29, 0.717) is 17.9 Å². The fraction of sp³-hybridized carbons (Fsp3) is 0.462. The maximum absolute atomic E-state index is 12.4. The van der Waals surface area contributed by atoms with Gasteiger partial charge in [0, 0.05) is 41.4 Å². The summed E-state index contributed by atoms with van der Waals surface area (Å²) < 4.78 is 7.23. The van der Waals surface area contributed by atoms with Crippen LogP contribution >= 0.6 is 22.9 Å². The van der Waals surface area contributed by atoms with Gasteiger partial charge >= 0.3 is 5.97 Å². The lowest BCUT2D eigenvalue weighted by molar-refractivity contribution is -0.146. The number of carbonyl (C=O) groups is 2. The lowest BCUT2D eigenvalue weighted by atomic mass is 9.93. The quantitative estimate of drug-likeness (QED) is 0.494. The molecule has 0 bridgehead atoms. The van der Waals surface area contributed by atoms with Crippen LogP contribution in [0.25, 0.3) is 21.5 Å². The molecule has 2 saturated heterocycles. The van der Waals surface area contributed by atoms with Gasteiger partial charge in [0.1, 0.15) is 12.4 Å². The monoisotopic (exact) mass is 528 g/mol. The van der Waals surface area contributed by atoms with Crippen LogP contribution in [0.2, 0.25) is 5.02 Å². The van der Waals surface area contributed by atoms with Gasteiger partial charge in [0.15, 0.2) is 0 Å². The molecule has 3 aromatic rings. The second-order valence-corrected chi connectivity index (χ2v) is 11.7. The van der Waals surface area contributed by atoms with Gasteiger partial charge in [-0.2, -0.15) is 0 Å². The fourth-order valence-electron chi connectivity index (χ4n) is 5.20. The second kappa shape index (κ2) is 9.70. The molecule has 2 fully saturated rings. The standard InChI is InChI=1S/C26H29ClN4O4S/c1-14-6-15(27)7-19(18(14)8-16-10-28-12-26(2,3)35-16)23-24-20(29-13-30-23)9-17(36-24)11-31-21(25(33)34)4-5-22(31)32/h6-7,9,13,16,21,28H,4-5,8,10-12H2,1-3H3,(H,33,34)/t16-,21?/m1/s1. The molecular formula is C26H29ClN4O4S. The number of carboxylic acid groups (broad SMARTS) is 1. The SMILES string of the molecule is Cc1cc(Cl)cc(-c2ncnc3cc(CN4C(=O)CCC4C(=O)O)sc23)c1C[C@@H]1CNCC(C)(C)O1. The third kappa shape index (κ3) is 4.98. The molecule has 1 aromatic carbocycles. The Hall–Kier alpha value is -2.59. The van der Waals surface area contributed by atoms with Crippen molar-refractivity contribution in [3.63, 3.8) is 0 Å². The van der Waals surface area contributed by atoms with Gasteiger partial charge in [0.05, 0.1) is 34.2 Å². The van der Waals surface area contributed by atoms with Crippen molar-refractivity contribution in [3.05, 3.63) is 45.6 Å². The molecule has 190 valence electrons. The van der Waals surface area contributed by atoms with E-state index in [-0.39, 0.29) is 30.6 Å². The predicted molar refractivity (Wildman–Crippen MR) is 139 cm³/mol. The molecule has 8 nitrogen and oxygen atoms in total. The van der Waals surface area contributed by atoms with Crippen molar-refractivity contribution in [1.29, 1.82) is 0 Å². The summed E-state index contributed by atoms with van der Waals surface area (Å²) in [6, 6.07) is 5.04. The van der Waals surface area contributed by atoms with E-state index in [9.17, 15) is 14.7 Å². The molecule has 2 N–H and O–H groups in total. The minimum atomic E-state index is -0.968. The molecule has 0 aliphatic carbocycles. The molecule has 2 aromatic heterocycles. The predicted octanol–water partition coefficient (Wildman–Crippen LogP) is 4.21. The van der Waals surface area contributed by atoms with Crippen LogP contribution in [-0.2, 0) is 27.3 Å². The summed E-state index contributed by atoms with van der Waals surface area (Å²) in [6.45, 7) is 8.04. The van der Waals surface area contributed by atoms with Crippen molar-refractivity contribution in [1.82, 2.24) is 20.2 Å². The van der Waals surface area contributed by atoms with Gasteiger partial charge in [-0.15, -0.1) is 11.3 Å². The molecule has 2 aliphatic rings. The Morgan fingerprint density at radius 2 is 2.14 bits per heavy atom. The zero-order chi connectivity index (χ0) is 25.6. The van der Waals surface area contributed by atoms with Crippen molar-refractivity contribution in [2.45, 2.75) is 64.3 Å². The van der Waals surface area contributed by atoms with Crippen LogP contribution in [0.4, 0.5) is 0 Å². The number of halogens is 1. The maximum atomic E-state index is 12.4. The van der Waals surface area contributed by atoms with Crippen LogP contribution in [0.5, 0.6) is 0 Å². The van der Waals surface area contributed by atoms with E-state index in [4.69, 9.17) is 16.3 Å². The highest BCUT2D eigenvalue weighted by molar-refractivity contribution is 7.19. The van der Waals surface area contributed by atoms with E-state index < -0.39 is 12.0 Å². The van der Waals surface area contributed by atoms with Gasteiger partial charge in [-0.25, -0.2) is 14.8 Å². The molecule has 10 heteroatoms. The summed E-state index contributed by atoms with van der Waals surface area (Å²) >= 11 is 8.00. The molecule has 4 heterocycles. The first-order chi connectivity index (χ1) is 17.1. The Bertz CT molecular complexity index is 1340. The van der Waals surface area contributed by atoms with E-state index in [2.05, 4.69) is 36.1 Å². The number of hydrogen-bond donors (Lipinski definition) is 2. The first-order valence-electron chi connectivity index (χ1n) is 12.0. The van der Waals surface area contributed by atoms with Gasteiger partial charge < -0.3 is 20.1 Å². The molecule has 1 unspecified atom stereocenters. The average molecular weight is 529 g/mol. The Morgan fingerprint density at radius 1 is 1.33 bits per heavy atom. The molecule has 36 heavy (non-hydrogen) atoms. The van der Waals surface area contributed by atoms with Crippen molar-refractivity contribution >= 4 is 45.0 Å². The fourth-order valence-corrected chi connectivity index (χ4v) is 6.58. The summed E-state index contributed by atoms with van der Waals surface area (Å²) in [7, 11) is 0. The van der Waals surface area contributed by atoms with Crippen LogP contribution in [0.15, 0.2) is 24.5 Å². The number of aryl methyl sites for hydroxylation is 1. The van der Waals surface area contributed by atoms with Crippen LogP contribution < -0.4 is 5.32 Å². The van der Waals surface area contributed by atoms with Crippen LogP contribution in [0, 0.1) is 6.92 Å². The topological polar surface area (TPSA) is 105 Å². The summed E-state index contributed by atoms with van der Waals surface area (Å²) in [5.74, 6) is -1.10. The Kier molecular flexibility index (Phi) is 6.76. The number of morpholine rings is 1. The molecule has 0 radical (unpaired) electrons. The average Bonchev–Trinajstić information content (AvgIpc) is 3.38. The van der Waals surface area contributed by atoms with Crippen molar-refractivity contribution in [3.8, 4) is 11.3 Å². The highest BCUT2D eigenvalue weighted by Crippen LogP contribution is 2.38. The molecule has 5 rings (SSSR count). The van der Waals surface area contributed by atoms with Crippen molar-refractivity contribution in [2.24, 2.45) is 0 Å². The number of rotatable bonds is 6. The molecular weight excluding hydrogens is 500 g/mol. The first-order valence-corrected chi connectivity index (χ1v) is 13.2. The second-order valence-electron chi connectivity index (χ2n) is 10.1. The van der Waals surface area contributed by atoms with Gasteiger partial charge in [0.25, 0.3) is 0 Å². The number of thiophene rings is 1. The summed E-state index contributed by atoms with van der Waals surface area (Å²) in [5, 5.41) is 13.6. The number of aromatic nitrogens is 2. The number of aliphatic carboxylic acids is 1. The lowest BCUT2D eigenvalue weighted by Gasteiger charge is -2.37. The molecule has 2 aliphatic heterocycles. The normalized spacial score (nSPS) is 21.9. The van der Waals surface area contributed by atoms with Gasteiger partial charge in [-0.1, -0.05) is 11.6 Å². The molecule has 0 spiro atoms. The number of nitrogens with one attached hydrogen (secondary N) is 1. The number of carboxylic acids is 1. The third-order valence-electron chi connectivity index (χ3n) is 6.83. The summed E-state index contributed by atoms with van der Waals surface area (Å²) in [5.41, 5.74) is 4.43. The van der Waals surface area contributed by atoms with E-state index in [1.54, 1.807) is 0 Å². The summed E-state index contributed by atoms with van der Waals surface area (Å²) in [4.78, 5) is 35.4. The number of ether oxygens (including phenoxy) is 1. The maximum Gasteiger partial charge on any atom is 0.326 e. The van der Waals surface area contributed by atoms with E-state index in [1.807, 2.05) is 18.2 Å². The number of carbonyl (C=O) groups excluding carboxylic acids is 1. The largest absolute Gasteiger partial charge is 0.480 e. The van der Waals surface area contributed by atoms with Crippen molar-refractivity contribution < 1.29 is 19.4 Å². The number of hydrogen-bond acceptors (Lipinski definition) is 7. The Morgan fingerprint density at radius 3 is 2.89 bits per heavy atom. The van der Waals surface area contributed by atoms with Gasteiger partial charge in [-0.3, -0.25) is 4.79 Å². The molecule has 1 amide bonds. The molecule has 2 atom stereocenters. The van der Waals surface area contributed by atoms with E-state index in [1.165, 1.54) is 22.6 Å². The number of benzene rings is 1. The first kappa shape index (κ1) is 25.1. The smallest absolute Gasteiger partial charge is 0.326 e. The minimum absolute atomic E-state index is 0.0118. The number of amides is 1. The molecule has 0 saturated carbocycles. The number of likely N-dealkylation sites (tertiary alicyclic amines) is 1. The number of nitrogens with zero attached hydrogens (tertiary/aromatic N) is 3. The Balaban J connectivity index is 1.52. The Labute approximate surface area is 218 Å². The zero-order valence-electron chi connectivity index (χ0n) is 20.5. The number of fused-ring (bicyclic) bond motifs is 1. The highest BCUT2D eigenvalue weighted by Gasteiger charge is 2.36. The third-order valence-corrected chi connectivity index (χ3v) is 8.17. The van der Waals surface area contributed by atoms with E-state index in [0.717, 1.165) is 50.6 Å². The van der Waals surface area contributed by atoms with Crippen LogP contribution in [-0.4, -0.2) is 62.7 Å². The van der Waals surface area contributed by atoms with Crippen LogP contribution in [0.3, 0.4) is 0 Å². The minimum Gasteiger partial charge on any atom is -0.480 e. The van der Waals surface area contributed by atoms with Crippen molar-refractivity contribution in [2.75, 3.05) is 13.1 Å². The van der Waals surface area contributed by atoms with E-state index >= 15 is 0 Å². The lowest BCUT2D eigenvalue weighted by Crippen LogP contribution is -2.51.